The number of hydrogen-bond acceptors (Lipinski definition) is 20. The van der Waals surface area contributed by atoms with Crippen LogP contribution < -0.4 is 22.3 Å². The second-order valence-electron chi connectivity index (χ2n) is 15.6. The molecule has 7 heterocycles. The van der Waals surface area contributed by atoms with Gasteiger partial charge < -0.3 is 45.2 Å². The summed E-state index contributed by atoms with van der Waals surface area (Å²) < 4.78 is 78.1. The number of aromatic amines is 1. The van der Waals surface area contributed by atoms with Gasteiger partial charge >= 0.3 is 21.7 Å². The minimum Gasteiger partial charge on any atom is -0.438 e. The topological polar surface area (TPSA) is 386 Å². The lowest BCUT2D eigenvalue weighted by Gasteiger charge is -2.40. The monoisotopic (exact) mass is 914 g/mol. The molecule has 0 bridgehead atoms. The molecular weight excluding hydrogens is 870 g/mol. The molecule has 61 heavy (non-hydrogen) atoms. The highest BCUT2D eigenvalue weighted by Crippen LogP contribution is 2.55. The highest BCUT2D eigenvalue weighted by molar-refractivity contribution is 7.47. The van der Waals surface area contributed by atoms with Crippen molar-refractivity contribution in [1.82, 2.24) is 44.4 Å². The maximum atomic E-state index is 14.0. The Kier molecular flexibility index (Phi) is 12.3. The van der Waals surface area contributed by atoms with Crippen molar-refractivity contribution in [1.29, 1.82) is 0 Å². The van der Waals surface area contributed by atoms with Crippen molar-refractivity contribution in [3.63, 3.8) is 0 Å². The van der Waals surface area contributed by atoms with Gasteiger partial charge in [-0.2, -0.15) is 4.98 Å². The maximum Gasteiger partial charge on any atom is 0.472 e. The Morgan fingerprint density at radius 1 is 1.00 bits per heavy atom. The Morgan fingerprint density at radius 2 is 1.59 bits per heavy atom. The standard InChI is InChI=1S/C30H44N14O14P2Si/c1-30(2,3)61(4,5)58-21-19-15(54-27(21)43-12-37-16-22(31)35-11-36-23(16)43)10-52-59(47,48)56-18-14(9-51-60(49,50)57-19)53-26(20(18)55-29(46)34-7-6-8-39-42-33)44-13-38-17-24(44)40-28(32)41-25(17)45/h11-15,18-21,26-27H,6-10H2,1-5H3,(H,34,46)(H,47,48)(H,49,50)(H2,31,35,36)(H3,32,40,41,45)/t14?,15-,18-,19-,20-,21?,26-,27-/m1/s1. The van der Waals surface area contributed by atoms with Gasteiger partial charge in [0.05, 0.1) is 25.9 Å². The van der Waals surface area contributed by atoms with E-state index in [9.17, 15) is 28.5 Å². The average molecular weight is 915 g/mol. The van der Waals surface area contributed by atoms with E-state index in [1.165, 1.54) is 17.2 Å². The SMILES string of the molecule is CC(C)(C)[Si](C)(C)OC1[C@H](n2cnc3c(N)ncnc32)O[C@@H]2COP(=O)(O)O[C@@H]3C(COP(=O)(O)O[C@@H]12)O[C@@H](n1cnc2c(=O)[nH]c(N)nc21)[C@@H]3OC(=O)NCCCN=[N+]=[N-]. The third-order valence-corrected chi connectivity index (χ3v) is 17.0. The zero-order valence-electron chi connectivity index (χ0n) is 33.2. The van der Waals surface area contributed by atoms with Crippen LogP contribution in [0.25, 0.3) is 32.8 Å². The van der Waals surface area contributed by atoms with E-state index in [1.54, 1.807) is 0 Å². The quantitative estimate of drug-likeness (QED) is 0.0350. The third-order valence-electron chi connectivity index (χ3n) is 10.5. The van der Waals surface area contributed by atoms with Gasteiger partial charge in [0.25, 0.3) is 5.56 Å². The lowest BCUT2D eigenvalue weighted by molar-refractivity contribution is -0.0664. The van der Waals surface area contributed by atoms with Crippen molar-refractivity contribution in [2.75, 3.05) is 37.8 Å². The second kappa shape index (κ2) is 16.9. The summed E-state index contributed by atoms with van der Waals surface area (Å²) in [4.78, 5) is 74.2. The number of ether oxygens (including phenoxy) is 3. The molecular formula is C30H44N14O14P2Si. The molecule has 0 aromatic carbocycles. The number of imidazole rings is 2. The molecule has 4 aromatic heterocycles. The molecule has 0 aliphatic carbocycles. The molecule has 3 fully saturated rings. The number of hydrogen-bond donors (Lipinski definition) is 6. The number of alkyl carbamates (subject to hydrolysis) is 1. The molecule has 7 rings (SSSR count). The van der Waals surface area contributed by atoms with Crippen LogP contribution >= 0.6 is 15.6 Å². The molecule has 0 saturated carbocycles. The van der Waals surface area contributed by atoms with Crippen LogP contribution in [-0.2, 0) is 45.9 Å². The van der Waals surface area contributed by atoms with Crippen LogP contribution in [0.15, 0.2) is 28.9 Å². The number of anilines is 2. The van der Waals surface area contributed by atoms with Crippen LogP contribution in [0.1, 0.15) is 39.6 Å². The zero-order valence-corrected chi connectivity index (χ0v) is 36.0. The first-order valence-electron chi connectivity index (χ1n) is 18.6. The molecule has 0 spiro atoms. The molecule has 332 valence electrons. The van der Waals surface area contributed by atoms with E-state index < -0.39 is 103 Å². The summed E-state index contributed by atoms with van der Waals surface area (Å²) in [6, 6.07) is 0. The van der Waals surface area contributed by atoms with Gasteiger partial charge in [-0.1, -0.05) is 25.9 Å². The molecule has 28 nitrogen and oxygen atoms in total. The first-order valence-corrected chi connectivity index (χ1v) is 24.5. The van der Waals surface area contributed by atoms with Crippen LogP contribution in [0.2, 0.25) is 18.1 Å². The van der Waals surface area contributed by atoms with Crippen LogP contribution in [-0.4, -0.2) is 126 Å². The number of rotatable bonds is 9. The summed E-state index contributed by atoms with van der Waals surface area (Å²) in [7, 11) is -13.2. The summed E-state index contributed by atoms with van der Waals surface area (Å²) in [5.74, 6) is -0.244. The number of nitrogens with zero attached hydrogens (tertiary/aromatic N) is 10. The lowest BCUT2D eigenvalue weighted by Crippen LogP contribution is -2.49. The van der Waals surface area contributed by atoms with E-state index >= 15 is 0 Å². The summed E-state index contributed by atoms with van der Waals surface area (Å²) in [6.45, 7) is 8.11. The van der Waals surface area contributed by atoms with Crippen molar-refractivity contribution in [2.45, 2.75) is 94.4 Å². The minimum absolute atomic E-state index is 0.0266. The van der Waals surface area contributed by atoms with Gasteiger partial charge in [0.1, 0.15) is 42.4 Å². The fraction of sp³-hybridized carbons (Fsp3) is 0.633. The normalized spacial score (nSPS) is 31.1. The predicted octanol–water partition coefficient (Wildman–Crippen LogP) is 2.12. The molecule has 3 aliphatic rings. The summed E-state index contributed by atoms with van der Waals surface area (Å²) >= 11 is 0. The van der Waals surface area contributed by atoms with Crippen LogP contribution in [0, 0.1) is 0 Å². The number of phosphoric ester groups is 2. The molecule has 10 atom stereocenters. The van der Waals surface area contributed by atoms with Crippen LogP contribution in [0.4, 0.5) is 16.6 Å². The Balaban J connectivity index is 1.24. The fourth-order valence-electron chi connectivity index (χ4n) is 6.59. The summed E-state index contributed by atoms with van der Waals surface area (Å²) in [5, 5.41) is 5.45. The minimum atomic E-state index is -5.25. The number of H-pyrrole nitrogens is 1. The van der Waals surface area contributed by atoms with E-state index in [0.717, 1.165) is 10.9 Å². The number of nitrogens with two attached hydrogens (primary N) is 2. The van der Waals surface area contributed by atoms with Crippen molar-refractivity contribution in [3.8, 4) is 0 Å². The third kappa shape index (κ3) is 9.29. The highest BCUT2D eigenvalue weighted by atomic mass is 31.2. The molecule has 8 N–H and O–H groups in total. The maximum absolute atomic E-state index is 14.0. The van der Waals surface area contributed by atoms with Crippen molar-refractivity contribution in [2.24, 2.45) is 5.11 Å². The number of phosphoric acid groups is 2. The molecule has 0 radical (unpaired) electrons. The van der Waals surface area contributed by atoms with Gasteiger partial charge in [-0.25, -0.2) is 33.9 Å². The number of fused-ring (bicyclic) bond motifs is 4. The molecule has 4 unspecified atom stereocenters. The smallest absolute Gasteiger partial charge is 0.438 e. The van der Waals surface area contributed by atoms with Crippen LogP contribution in [0.3, 0.4) is 0 Å². The Hall–Kier alpha value is -4.60. The number of amides is 1. The molecule has 31 heteroatoms. The molecule has 1 amide bonds. The van der Waals surface area contributed by atoms with E-state index in [1.807, 2.05) is 33.9 Å². The van der Waals surface area contributed by atoms with E-state index in [0.29, 0.717) is 0 Å². The number of aromatic nitrogens is 8. The fourth-order valence-corrected chi connectivity index (χ4v) is 9.80. The van der Waals surface area contributed by atoms with Gasteiger partial charge in [0, 0.05) is 18.0 Å². The summed E-state index contributed by atoms with van der Waals surface area (Å²) in [5.41, 5.74) is 19.8. The highest BCUT2D eigenvalue weighted by Gasteiger charge is 2.57. The largest absolute Gasteiger partial charge is 0.472 e. The van der Waals surface area contributed by atoms with E-state index in [-0.39, 0.29) is 53.6 Å². The Labute approximate surface area is 345 Å². The number of azide groups is 1. The zero-order chi connectivity index (χ0) is 44.1. The van der Waals surface area contributed by atoms with Gasteiger partial charge in [-0.05, 0) is 30.1 Å². The van der Waals surface area contributed by atoms with Crippen molar-refractivity contribution in [3.05, 3.63) is 39.8 Å². The molecule has 3 saturated heterocycles. The second-order valence-corrected chi connectivity index (χ2v) is 23.2. The van der Waals surface area contributed by atoms with Crippen molar-refractivity contribution < 1.29 is 60.4 Å². The number of nitrogen functional groups attached to an aromatic ring is 2. The number of carbonyl (C=O) groups excluding carboxylic acids is 1. The Morgan fingerprint density at radius 3 is 2.21 bits per heavy atom. The summed E-state index contributed by atoms with van der Waals surface area (Å²) in [6.07, 6.45) is -9.17. The first-order chi connectivity index (χ1) is 28.7. The van der Waals surface area contributed by atoms with E-state index in [4.69, 9.17) is 53.7 Å². The van der Waals surface area contributed by atoms with Gasteiger partial charge in [0.15, 0.2) is 49.5 Å². The lowest BCUT2D eigenvalue weighted by atomic mass is 10.1. The van der Waals surface area contributed by atoms with Gasteiger partial charge in [0.2, 0.25) is 5.95 Å². The van der Waals surface area contributed by atoms with Gasteiger partial charge in [-0.3, -0.25) is 37.0 Å². The van der Waals surface area contributed by atoms with E-state index in [2.05, 4.69) is 45.2 Å². The first kappa shape index (κ1) is 44.5. The number of nitrogens with one attached hydrogen (secondary N) is 2. The van der Waals surface area contributed by atoms with Gasteiger partial charge in [-0.15, -0.1) is 0 Å². The van der Waals surface area contributed by atoms with Crippen molar-refractivity contribution >= 4 is 64.1 Å². The number of carbonyl (C=O) groups is 1. The Bertz CT molecular complexity index is 2490. The predicted molar refractivity (Wildman–Crippen MR) is 210 cm³/mol. The molecule has 4 aromatic rings. The average Bonchev–Trinajstić information content (AvgIpc) is 3.94. The molecule has 3 aliphatic heterocycles. The van der Waals surface area contributed by atoms with Crippen LogP contribution in [0.5, 0.6) is 0 Å².